The number of nitrogens with one attached hydrogen (secondary N) is 1. The lowest BCUT2D eigenvalue weighted by Gasteiger charge is -1.99. The molecule has 0 saturated heterocycles. The number of aromatic nitrogens is 4. The summed E-state index contributed by atoms with van der Waals surface area (Å²) < 4.78 is 0. The predicted octanol–water partition coefficient (Wildman–Crippen LogP) is 1.99. The molecule has 0 spiro atoms. The van der Waals surface area contributed by atoms with Crippen LogP contribution in [0.4, 0.5) is 11.5 Å². The summed E-state index contributed by atoms with van der Waals surface area (Å²) in [6, 6.07) is 6.45. The summed E-state index contributed by atoms with van der Waals surface area (Å²) in [6.45, 7) is 0. The van der Waals surface area contributed by atoms with E-state index in [4.69, 9.17) is 5.73 Å². The van der Waals surface area contributed by atoms with Crippen molar-refractivity contribution in [1.82, 2.24) is 19.9 Å². The van der Waals surface area contributed by atoms with Gasteiger partial charge in [0.05, 0.1) is 9.82 Å². The topological polar surface area (TPSA) is 124 Å². The summed E-state index contributed by atoms with van der Waals surface area (Å²) in [5.74, 6) is 0.289. The van der Waals surface area contributed by atoms with Gasteiger partial charge in [0.2, 0.25) is 0 Å². The largest absolute Gasteiger partial charge is 0.382 e. The highest BCUT2D eigenvalue weighted by atomic mass is 32.2. The number of fused-ring (bicyclic) bond motifs is 1. The van der Waals surface area contributed by atoms with Crippen LogP contribution in [0.3, 0.4) is 0 Å². The lowest BCUT2D eigenvalue weighted by Crippen LogP contribution is -1.91. The number of anilines is 1. The van der Waals surface area contributed by atoms with E-state index in [1.165, 1.54) is 12.4 Å². The molecular formula is C11H8N6O2S. The van der Waals surface area contributed by atoms with Crippen LogP contribution in [0.25, 0.3) is 11.2 Å². The second kappa shape index (κ2) is 4.78. The molecular weight excluding hydrogens is 280 g/mol. The average molecular weight is 288 g/mol. The van der Waals surface area contributed by atoms with Crippen molar-refractivity contribution in [3.63, 3.8) is 0 Å². The fourth-order valence-electron chi connectivity index (χ4n) is 1.67. The van der Waals surface area contributed by atoms with Crippen LogP contribution in [0, 0.1) is 10.1 Å². The minimum Gasteiger partial charge on any atom is -0.382 e. The molecule has 3 aromatic rings. The van der Waals surface area contributed by atoms with E-state index < -0.39 is 4.92 Å². The smallest absolute Gasteiger partial charge is 0.283 e. The third-order valence-electron chi connectivity index (χ3n) is 2.56. The molecule has 0 atom stereocenters. The average Bonchev–Trinajstić information content (AvgIpc) is 2.83. The highest BCUT2D eigenvalue weighted by molar-refractivity contribution is 7.99. The maximum Gasteiger partial charge on any atom is 0.283 e. The molecule has 0 saturated carbocycles. The fraction of sp³-hybridized carbons (Fsp3) is 0. The number of benzene rings is 1. The van der Waals surface area contributed by atoms with Gasteiger partial charge in [0, 0.05) is 6.07 Å². The number of nitro benzene ring substituents is 1. The molecule has 0 aliphatic rings. The molecule has 2 heterocycles. The highest BCUT2D eigenvalue weighted by Gasteiger charge is 2.16. The maximum absolute atomic E-state index is 11.0. The molecule has 8 nitrogen and oxygen atoms in total. The van der Waals surface area contributed by atoms with E-state index in [9.17, 15) is 10.1 Å². The molecule has 9 heteroatoms. The van der Waals surface area contributed by atoms with Crippen molar-refractivity contribution in [2.75, 3.05) is 5.73 Å². The number of nitrogens with two attached hydrogens (primary N) is 1. The van der Waals surface area contributed by atoms with Gasteiger partial charge < -0.3 is 10.7 Å². The maximum atomic E-state index is 11.0. The number of hydrogen-bond acceptors (Lipinski definition) is 7. The third-order valence-corrected chi connectivity index (χ3v) is 3.52. The molecule has 0 aliphatic heterocycles. The number of aromatic amines is 1. The molecule has 0 unspecified atom stereocenters. The van der Waals surface area contributed by atoms with Crippen LogP contribution in [0.1, 0.15) is 0 Å². The van der Waals surface area contributed by atoms with Gasteiger partial charge in [-0.3, -0.25) is 10.1 Å². The molecule has 3 rings (SSSR count). The van der Waals surface area contributed by atoms with Crippen LogP contribution in [0.5, 0.6) is 0 Å². The number of rotatable bonds is 3. The van der Waals surface area contributed by atoms with E-state index in [1.54, 1.807) is 18.2 Å². The lowest BCUT2D eigenvalue weighted by molar-refractivity contribution is -0.387. The van der Waals surface area contributed by atoms with Crippen LogP contribution < -0.4 is 5.73 Å². The number of nitrogens with zero attached hydrogens (tertiary/aromatic N) is 4. The minimum atomic E-state index is -0.431. The Hall–Kier alpha value is -2.68. The van der Waals surface area contributed by atoms with E-state index in [0.29, 0.717) is 21.2 Å². The Balaban J connectivity index is 2.02. The summed E-state index contributed by atoms with van der Waals surface area (Å²) in [5.41, 5.74) is 6.68. The molecule has 20 heavy (non-hydrogen) atoms. The van der Waals surface area contributed by atoms with Gasteiger partial charge in [0.15, 0.2) is 16.6 Å². The van der Waals surface area contributed by atoms with E-state index in [1.807, 2.05) is 0 Å². The summed E-state index contributed by atoms with van der Waals surface area (Å²) >= 11 is 1.15. The zero-order valence-corrected chi connectivity index (χ0v) is 10.8. The van der Waals surface area contributed by atoms with Crippen molar-refractivity contribution < 1.29 is 4.92 Å². The number of nitrogen functional groups attached to an aromatic ring is 1. The van der Waals surface area contributed by atoms with Gasteiger partial charge in [-0.15, -0.1) is 0 Å². The van der Waals surface area contributed by atoms with Crippen LogP contribution in [-0.4, -0.2) is 24.9 Å². The second-order valence-electron chi connectivity index (χ2n) is 3.83. The molecule has 0 aliphatic carbocycles. The number of H-pyrrole nitrogens is 1. The predicted molar refractivity (Wildman–Crippen MR) is 73.3 cm³/mol. The lowest BCUT2D eigenvalue weighted by atomic mass is 10.3. The standard InChI is InChI=1S/C11H8N6O2S/c12-9-8-10(14-5-13-9)16-11(15-8)20-7-4-2-1-3-6(7)17(18)19/h1-5H,(H3,12,13,14,15,16). The molecule has 100 valence electrons. The number of imidazole rings is 1. The zero-order valence-electron chi connectivity index (χ0n) is 9.98. The van der Waals surface area contributed by atoms with E-state index >= 15 is 0 Å². The van der Waals surface area contributed by atoms with E-state index in [-0.39, 0.29) is 11.5 Å². The monoisotopic (exact) mass is 288 g/mol. The van der Waals surface area contributed by atoms with Crippen molar-refractivity contribution in [3.8, 4) is 0 Å². The number of nitro groups is 1. The Morgan fingerprint density at radius 2 is 2.10 bits per heavy atom. The van der Waals surface area contributed by atoms with Gasteiger partial charge in [-0.1, -0.05) is 12.1 Å². The minimum absolute atomic E-state index is 0.0250. The second-order valence-corrected chi connectivity index (χ2v) is 4.86. The third kappa shape index (κ3) is 2.14. The van der Waals surface area contributed by atoms with Gasteiger partial charge in [0.25, 0.3) is 5.69 Å². The Labute approximate surface area is 116 Å². The molecule has 0 amide bonds. The van der Waals surface area contributed by atoms with Crippen LogP contribution in [-0.2, 0) is 0 Å². The Morgan fingerprint density at radius 3 is 2.85 bits per heavy atom. The molecule has 2 aromatic heterocycles. The van der Waals surface area contributed by atoms with Crippen LogP contribution in [0.15, 0.2) is 40.6 Å². The SMILES string of the molecule is Nc1ncnc2nc(Sc3ccccc3[N+](=O)[O-])[nH]c12. The summed E-state index contributed by atoms with van der Waals surface area (Å²) in [4.78, 5) is 26.0. The van der Waals surface area contributed by atoms with Crippen molar-refractivity contribution >= 4 is 34.4 Å². The summed E-state index contributed by atoms with van der Waals surface area (Å²) in [6.07, 6.45) is 1.32. The first-order valence-corrected chi connectivity index (χ1v) is 6.34. The highest BCUT2D eigenvalue weighted by Crippen LogP contribution is 2.33. The van der Waals surface area contributed by atoms with Crippen molar-refractivity contribution in [2.45, 2.75) is 10.1 Å². The van der Waals surface area contributed by atoms with Crippen molar-refractivity contribution in [3.05, 3.63) is 40.7 Å². The number of para-hydroxylation sites is 1. The first-order chi connectivity index (χ1) is 9.65. The number of hydrogen-bond donors (Lipinski definition) is 2. The summed E-state index contributed by atoms with van der Waals surface area (Å²) in [7, 11) is 0. The molecule has 0 bridgehead atoms. The molecule has 3 N–H and O–H groups in total. The Bertz CT molecular complexity index is 802. The van der Waals surface area contributed by atoms with E-state index in [2.05, 4.69) is 19.9 Å². The molecule has 0 radical (unpaired) electrons. The van der Waals surface area contributed by atoms with Gasteiger partial charge in [-0.2, -0.15) is 0 Å². The fourth-order valence-corrected chi connectivity index (χ4v) is 2.56. The van der Waals surface area contributed by atoms with Crippen molar-refractivity contribution in [1.29, 1.82) is 0 Å². The van der Waals surface area contributed by atoms with Gasteiger partial charge in [-0.05, 0) is 17.8 Å². The van der Waals surface area contributed by atoms with Crippen LogP contribution in [0.2, 0.25) is 0 Å². The quantitative estimate of drug-likeness (QED) is 0.557. The van der Waals surface area contributed by atoms with Gasteiger partial charge in [0.1, 0.15) is 11.8 Å². The van der Waals surface area contributed by atoms with Gasteiger partial charge in [-0.25, -0.2) is 15.0 Å². The first kappa shape index (κ1) is 12.4. The zero-order chi connectivity index (χ0) is 14.1. The normalized spacial score (nSPS) is 10.8. The Kier molecular flexibility index (Phi) is 2.95. The van der Waals surface area contributed by atoms with Gasteiger partial charge >= 0.3 is 0 Å². The molecule has 0 fully saturated rings. The summed E-state index contributed by atoms with van der Waals surface area (Å²) in [5, 5.41) is 11.4. The first-order valence-electron chi connectivity index (χ1n) is 5.52. The van der Waals surface area contributed by atoms with Crippen LogP contribution >= 0.6 is 11.8 Å². The van der Waals surface area contributed by atoms with Crippen molar-refractivity contribution in [2.24, 2.45) is 0 Å². The molecule has 1 aromatic carbocycles. The van der Waals surface area contributed by atoms with E-state index in [0.717, 1.165) is 11.8 Å². The Morgan fingerprint density at radius 1 is 1.30 bits per heavy atom.